The lowest BCUT2D eigenvalue weighted by molar-refractivity contribution is -0.140. The number of rotatable bonds is 6. The molecule has 0 bridgehead atoms. The van der Waals surface area contributed by atoms with Crippen LogP contribution in [0.15, 0.2) is 42.6 Å². The number of nitrogens with zero attached hydrogens (tertiary/aromatic N) is 2. The largest absolute Gasteiger partial charge is 0.425 e. The highest BCUT2D eigenvalue weighted by Gasteiger charge is 2.27. The molecule has 0 amide bonds. The maximum absolute atomic E-state index is 12.3. The minimum absolute atomic E-state index is 0.0314. The van der Waals surface area contributed by atoms with Crippen molar-refractivity contribution in [3.8, 4) is 11.8 Å². The Morgan fingerprint density at radius 2 is 1.85 bits per heavy atom. The van der Waals surface area contributed by atoms with Gasteiger partial charge >= 0.3 is 5.97 Å². The number of hydrogen-bond acceptors (Lipinski definition) is 4. The van der Waals surface area contributed by atoms with Crippen LogP contribution in [0.25, 0.3) is 0 Å². The third-order valence-electron chi connectivity index (χ3n) is 5.53. The van der Waals surface area contributed by atoms with Crippen LogP contribution < -0.4 is 4.74 Å². The number of carbonyl (C=O) groups excluding carboxylic acids is 1. The van der Waals surface area contributed by atoms with Gasteiger partial charge in [0.2, 0.25) is 0 Å². The number of esters is 1. The van der Waals surface area contributed by atoms with Crippen molar-refractivity contribution in [2.75, 3.05) is 0 Å². The van der Waals surface area contributed by atoms with E-state index in [2.05, 4.69) is 18.0 Å². The Labute approximate surface area is 161 Å². The minimum atomic E-state index is -0.114. The fourth-order valence-corrected chi connectivity index (χ4v) is 3.64. The van der Waals surface area contributed by atoms with Gasteiger partial charge in [0, 0.05) is 5.69 Å². The molecule has 27 heavy (non-hydrogen) atoms. The Balaban J connectivity index is 1.48. The summed E-state index contributed by atoms with van der Waals surface area (Å²) < 4.78 is 5.53. The number of pyridine rings is 1. The van der Waals surface area contributed by atoms with Gasteiger partial charge in [-0.15, -0.1) is 0 Å². The summed E-state index contributed by atoms with van der Waals surface area (Å²) in [6.45, 7) is 2.22. The average molecular weight is 362 g/mol. The third-order valence-corrected chi connectivity index (χ3v) is 5.53. The van der Waals surface area contributed by atoms with E-state index in [1.807, 2.05) is 36.4 Å². The van der Waals surface area contributed by atoms with Crippen molar-refractivity contribution in [1.29, 1.82) is 5.26 Å². The number of aryl methyl sites for hydroxylation is 2. The number of aromatic nitrogens is 1. The molecule has 1 aromatic heterocycles. The summed E-state index contributed by atoms with van der Waals surface area (Å²) >= 11 is 0. The molecular formula is C23H26N2O2. The van der Waals surface area contributed by atoms with Gasteiger partial charge in [0.05, 0.1) is 23.7 Å². The second-order valence-electron chi connectivity index (χ2n) is 7.34. The molecule has 1 aromatic carbocycles. The summed E-state index contributed by atoms with van der Waals surface area (Å²) in [6.07, 6.45) is 8.64. The topological polar surface area (TPSA) is 63.0 Å². The van der Waals surface area contributed by atoms with E-state index in [9.17, 15) is 4.79 Å². The fraction of sp³-hybridized carbons (Fsp3) is 0.435. The molecule has 1 saturated carbocycles. The van der Waals surface area contributed by atoms with Gasteiger partial charge in [-0.2, -0.15) is 5.26 Å². The van der Waals surface area contributed by atoms with Crippen LogP contribution in [0.4, 0.5) is 0 Å². The normalized spacial score (nSPS) is 19.3. The third kappa shape index (κ3) is 5.40. The number of benzene rings is 1. The Hall–Kier alpha value is -2.67. The van der Waals surface area contributed by atoms with Crippen LogP contribution in [0.5, 0.6) is 5.75 Å². The van der Waals surface area contributed by atoms with Crippen molar-refractivity contribution >= 4 is 5.97 Å². The molecule has 0 N–H and O–H groups in total. The van der Waals surface area contributed by atoms with E-state index in [1.54, 1.807) is 6.20 Å². The lowest BCUT2D eigenvalue weighted by Crippen LogP contribution is -2.25. The maximum atomic E-state index is 12.3. The fourth-order valence-electron chi connectivity index (χ4n) is 3.64. The summed E-state index contributed by atoms with van der Waals surface area (Å²) in [4.78, 5) is 16.8. The molecule has 0 saturated heterocycles. The number of nitriles is 1. The van der Waals surface area contributed by atoms with Crippen LogP contribution in [0, 0.1) is 23.2 Å². The summed E-state index contributed by atoms with van der Waals surface area (Å²) in [6, 6.07) is 13.5. The van der Waals surface area contributed by atoms with E-state index in [-0.39, 0.29) is 11.9 Å². The zero-order valence-corrected chi connectivity index (χ0v) is 15.9. The van der Waals surface area contributed by atoms with E-state index in [1.165, 1.54) is 12.0 Å². The Morgan fingerprint density at radius 3 is 2.44 bits per heavy atom. The highest BCUT2D eigenvalue weighted by Crippen LogP contribution is 2.31. The molecule has 140 valence electrons. The zero-order chi connectivity index (χ0) is 19.1. The summed E-state index contributed by atoms with van der Waals surface area (Å²) in [5, 5.41) is 8.84. The first-order valence-electron chi connectivity index (χ1n) is 9.83. The summed E-state index contributed by atoms with van der Waals surface area (Å²) in [5.74, 6) is 1.21. The minimum Gasteiger partial charge on any atom is -0.425 e. The van der Waals surface area contributed by atoms with Crippen LogP contribution in [0.3, 0.4) is 0 Å². The van der Waals surface area contributed by atoms with Crippen LogP contribution >= 0.6 is 0 Å². The van der Waals surface area contributed by atoms with Crippen molar-refractivity contribution in [2.45, 2.75) is 51.9 Å². The van der Waals surface area contributed by atoms with Crippen LogP contribution in [0.1, 0.15) is 55.8 Å². The molecular weight excluding hydrogens is 336 g/mol. The maximum Gasteiger partial charge on any atom is 0.314 e. The molecule has 0 aliphatic heterocycles. The van der Waals surface area contributed by atoms with Crippen molar-refractivity contribution in [2.24, 2.45) is 11.8 Å². The molecule has 0 spiro atoms. The van der Waals surface area contributed by atoms with E-state index >= 15 is 0 Å². The average Bonchev–Trinajstić information content (AvgIpc) is 2.73. The smallest absolute Gasteiger partial charge is 0.314 e. The Morgan fingerprint density at radius 1 is 1.11 bits per heavy atom. The van der Waals surface area contributed by atoms with Crippen LogP contribution in [0.2, 0.25) is 0 Å². The Kier molecular flexibility index (Phi) is 6.59. The first-order valence-corrected chi connectivity index (χ1v) is 9.83. The van der Waals surface area contributed by atoms with E-state index in [0.29, 0.717) is 11.3 Å². The van der Waals surface area contributed by atoms with Gasteiger partial charge in [0.25, 0.3) is 0 Å². The van der Waals surface area contributed by atoms with Gasteiger partial charge in [0.15, 0.2) is 0 Å². The lowest BCUT2D eigenvalue weighted by atomic mass is 9.81. The first kappa shape index (κ1) is 19.1. The molecule has 3 rings (SSSR count). The standard InChI is InChI=1S/C23H26N2O2/c1-2-17-7-10-20(11-8-17)23(26)27-22-14-13-21(25-16-22)12-9-18-3-5-19(15-24)6-4-18/h3-6,13-14,16-17,20H,2,7-12H2,1H3. The van der Waals surface area contributed by atoms with Gasteiger partial charge in [-0.3, -0.25) is 9.78 Å². The van der Waals surface area contributed by atoms with Gasteiger partial charge in [0.1, 0.15) is 5.75 Å². The molecule has 0 atom stereocenters. The van der Waals surface area contributed by atoms with Crippen molar-refractivity contribution in [3.05, 3.63) is 59.4 Å². The molecule has 0 radical (unpaired) electrons. The molecule has 4 heteroatoms. The number of carbonyl (C=O) groups is 1. The quantitative estimate of drug-likeness (QED) is 0.688. The second kappa shape index (κ2) is 9.32. The van der Waals surface area contributed by atoms with Gasteiger partial charge in [-0.1, -0.05) is 25.5 Å². The highest BCUT2D eigenvalue weighted by atomic mass is 16.5. The van der Waals surface area contributed by atoms with Crippen LogP contribution in [-0.4, -0.2) is 11.0 Å². The predicted molar refractivity (Wildman–Crippen MR) is 104 cm³/mol. The monoisotopic (exact) mass is 362 g/mol. The lowest BCUT2D eigenvalue weighted by Gasteiger charge is -2.26. The van der Waals surface area contributed by atoms with Gasteiger partial charge in [-0.25, -0.2) is 0 Å². The molecule has 1 aliphatic rings. The molecule has 1 fully saturated rings. The van der Waals surface area contributed by atoms with Crippen molar-refractivity contribution in [1.82, 2.24) is 4.98 Å². The Bertz CT molecular complexity index is 783. The van der Waals surface area contributed by atoms with E-state index in [0.717, 1.165) is 50.1 Å². The van der Waals surface area contributed by atoms with Gasteiger partial charge in [-0.05, 0) is 74.3 Å². The van der Waals surface area contributed by atoms with Crippen LogP contribution in [-0.2, 0) is 17.6 Å². The second-order valence-corrected chi connectivity index (χ2v) is 7.34. The van der Waals surface area contributed by atoms with E-state index in [4.69, 9.17) is 10.00 Å². The predicted octanol–water partition coefficient (Wildman–Crippen LogP) is 4.86. The summed E-state index contributed by atoms with van der Waals surface area (Å²) in [7, 11) is 0. The zero-order valence-electron chi connectivity index (χ0n) is 15.9. The molecule has 1 heterocycles. The molecule has 0 unspecified atom stereocenters. The van der Waals surface area contributed by atoms with Gasteiger partial charge < -0.3 is 4.74 Å². The number of ether oxygens (including phenoxy) is 1. The molecule has 2 aromatic rings. The van der Waals surface area contributed by atoms with Crippen molar-refractivity contribution < 1.29 is 9.53 Å². The first-order chi connectivity index (χ1) is 13.2. The molecule has 4 nitrogen and oxygen atoms in total. The SMILES string of the molecule is CCC1CCC(C(=O)Oc2ccc(CCc3ccc(C#N)cc3)nc2)CC1. The van der Waals surface area contributed by atoms with Crippen molar-refractivity contribution in [3.63, 3.8) is 0 Å². The summed E-state index contributed by atoms with van der Waals surface area (Å²) in [5.41, 5.74) is 2.81. The highest BCUT2D eigenvalue weighted by molar-refractivity contribution is 5.75. The van der Waals surface area contributed by atoms with E-state index < -0.39 is 0 Å². The number of hydrogen-bond donors (Lipinski definition) is 0. The molecule has 1 aliphatic carbocycles.